The van der Waals surface area contributed by atoms with E-state index in [1.165, 1.54) is 0 Å². The number of aliphatic hydroxyl groups is 1. The maximum Gasteiger partial charge on any atom is 0.312 e. The Labute approximate surface area is 177 Å². The molecule has 30 heavy (non-hydrogen) atoms. The summed E-state index contributed by atoms with van der Waals surface area (Å²) in [6, 6.07) is 14.9. The van der Waals surface area contributed by atoms with Gasteiger partial charge in [-0.1, -0.05) is 65.3 Å². The normalized spacial score (nSPS) is 15.4. The van der Waals surface area contributed by atoms with Gasteiger partial charge >= 0.3 is 5.97 Å². The molecule has 0 bridgehead atoms. The van der Waals surface area contributed by atoms with Crippen molar-refractivity contribution < 1.29 is 14.6 Å². The molecule has 0 saturated carbocycles. The molecule has 2 aromatic rings. The van der Waals surface area contributed by atoms with E-state index in [4.69, 9.17) is 16.0 Å². The first-order valence-corrected chi connectivity index (χ1v) is 9.93. The molecule has 3 N–H and O–H groups in total. The van der Waals surface area contributed by atoms with Crippen molar-refractivity contribution in [1.29, 1.82) is 0 Å². The molecule has 4 unspecified atom stereocenters. The van der Waals surface area contributed by atoms with Gasteiger partial charge in [-0.15, -0.1) is 0 Å². The van der Waals surface area contributed by atoms with E-state index < -0.39 is 35.7 Å². The second kappa shape index (κ2) is 10.3. The Balaban J connectivity index is 2.37. The van der Waals surface area contributed by atoms with Crippen LogP contribution in [0.15, 0.2) is 59.7 Å². The first-order valence-electron chi connectivity index (χ1n) is 9.93. The molecule has 0 radical (unpaired) electrons. The van der Waals surface area contributed by atoms with Gasteiger partial charge in [-0.2, -0.15) is 0 Å². The molecule has 7 heteroatoms. The van der Waals surface area contributed by atoms with Crippen LogP contribution >= 0.6 is 0 Å². The summed E-state index contributed by atoms with van der Waals surface area (Å²) in [7, 11) is 0. The van der Waals surface area contributed by atoms with Crippen molar-refractivity contribution in [3.05, 3.63) is 81.7 Å². The lowest BCUT2D eigenvalue weighted by Gasteiger charge is -2.32. The highest BCUT2D eigenvalue weighted by Gasteiger charge is 2.38. The van der Waals surface area contributed by atoms with Gasteiger partial charge in [0.15, 0.2) is 0 Å². The number of carbonyl (C=O) groups excluding carboxylic acids is 1. The first kappa shape index (κ1) is 23.4. The zero-order valence-electron chi connectivity index (χ0n) is 17.9. The standard InChI is InChI=1S/C23H30N4O3/c1-15-10-12-17(13-11-15)19(24)20(26-27-25)21(28)18(22(29)30-23(2,3)4)14-16-8-6-5-7-9-16/h5-13,18-21,28H,14,24H2,1-4H3. The fourth-order valence-corrected chi connectivity index (χ4v) is 3.23. The van der Waals surface area contributed by atoms with Crippen LogP contribution in [-0.2, 0) is 16.0 Å². The van der Waals surface area contributed by atoms with Gasteiger partial charge in [0.1, 0.15) is 5.60 Å². The molecule has 7 nitrogen and oxygen atoms in total. The summed E-state index contributed by atoms with van der Waals surface area (Å²) in [5.74, 6) is -1.51. The average molecular weight is 411 g/mol. The second-order valence-corrected chi connectivity index (χ2v) is 8.45. The SMILES string of the molecule is Cc1ccc(C(N)C(N=[N+]=[N-])C(O)C(Cc2ccccc2)C(=O)OC(C)(C)C)cc1. The number of nitrogens with zero attached hydrogens (tertiary/aromatic N) is 3. The van der Waals surface area contributed by atoms with Crippen LogP contribution in [0.25, 0.3) is 10.4 Å². The molecule has 4 atom stereocenters. The molecular formula is C23H30N4O3. The number of aliphatic hydroxyl groups excluding tert-OH is 1. The lowest BCUT2D eigenvalue weighted by atomic mass is 9.85. The summed E-state index contributed by atoms with van der Waals surface area (Å²) >= 11 is 0. The fourth-order valence-electron chi connectivity index (χ4n) is 3.23. The Hall–Kier alpha value is -2.86. The van der Waals surface area contributed by atoms with Gasteiger partial charge in [-0.25, -0.2) is 0 Å². The average Bonchev–Trinajstić information content (AvgIpc) is 2.69. The van der Waals surface area contributed by atoms with Gasteiger partial charge in [-0.05, 0) is 50.8 Å². The number of esters is 1. The molecule has 0 aliphatic carbocycles. The molecule has 2 aromatic carbocycles. The third-order valence-electron chi connectivity index (χ3n) is 4.79. The number of aryl methyl sites for hydroxylation is 1. The van der Waals surface area contributed by atoms with Gasteiger partial charge in [0, 0.05) is 11.0 Å². The van der Waals surface area contributed by atoms with Gasteiger partial charge in [0.25, 0.3) is 0 Å². The maximum atomic E-state index is 13.0. The summed E-state index contributed by atoms with van der Waals surface area (Å²) in [6.07, 6.45) is -1.10. The number of azide groups is 1. The quantitative estimate of drug-likeness (QED) is 0.292. The van der Waals surface area contributed by atoms with E-state index in [1.54, 1.807) is 20.8 Å². The first-order chi connectivity index (χ1) is 14.1. The van der Waals surface area contributed by atoms with Crippen molar-refractivity contribution in [2.45, 2.75) is 57.9 Å². The van der Waals surface area contributed by atoms with Crippen LogP contribution in [0, 0.1) is 12.8 Å². The van der Waals surface area contributed by atoms with Gasteiger partial charge in [0.05, 0.1) is 18.1 Å². The smallest absolute Gasteiger partial charge is 0.312 e. The predicted octanol–water partition coefficient (Wildman–Crippen LogP) is 4.24. The van der Waals surface area contributed by atoms with E-state index in [9.17, 15) is 9.90 Å². The number of hydrogen-bond donors (Lipinski definition) is 2. The third kappa shape index (κ3) is 6.59. The van der Waals surface area contributed by atoms with Crippen LogP contribution < -0.4 is 5.73 Å². The minimum Gasteiger partial charge on any atom is -0.460 e. The predicted molar refractivity (Wildman–Crippen MR) is 117 cm³/mol. The molecule has 2 rings (SSSR count). The largest absolute Gasteiger partial charge is 0.460 e. The summed E-state index contributed by atoms with van der Waals surface area (Å²) in [5, 5.41) is 14.9. The molecule has 0 spiro atoms. The van der Waals surface area contributed by atoms with Gasteiger partial charge in [-0.3, -0.25) is 4.79 Å². The highest BCUT2D eigenvalue weighted by molar-refractivity contribution is 5.74. The van der Waals surface area contributed by atoms with Gasteiger partial charge < -0.3 is 15.6 Å². The third-order valence-corrected chi connectivity index (χ3v) is 4.79. The molecule has 0 aliphatic rings. The van der Waals surface area contributed by atoms with Crippen LogP contribution in [0.4, 0.5) is 0 Å². The van der Waals surface area contributed by atoms with E-state index in [-0.39, 0.29) is 6.42 Å². The second-order valence-electron chi connectivity index (χ2n) is 8.45. The molecule has 0 fully saturated rings. The minimum absolute atomic E-state index is 0.231. The van der Waals surface area contributed by atoms with E-state index in [0.717, 1.165) is 11.1 Å². The summed E-state index contributed by atoms with van der Waals surface area (Å²) in [6.45, 7) is 7.24. The lowest BCUT2D eigenvalue weighted by molar-refractivity contribution is -0.164. The molecular weight excluding hydrogens is 380 g/mol. The van der Waals surface area contributed by atoms with Crippen molar-refractivity contribution in [1.82, 2.24) is 0 Å². The summed E-state index contributed by atoms with van der Waals surface area (Å²) in [5.41, 5.74) is 17.4. The number of benzene rings is 2. The zero-order chi connectivity index (χ0) is 22.3. The molecule has 0 saturated heterocycles. The van der Waals surface area contributed by atoms with Crippen molar-refractivity contribution >= 4 is 5.97 Å². The zero-order valence-corrected chi connectivity index (χ0v) is 17.9. The van der Waals surface area contributed by atoms with Gasteiger partial charge in [0.2, 0.25) is 0 Å². The number of ether oxygens (including phenoxy) is 1. The van der Waals surface area contributed by atoms with Crippen molar-refractivity contribution in [3.63, 3.8) is 0 Å². The number of rotatable bonds is 8. The van der Waals surface area contributed by atoms with Crippen LogP contribution in [0.5, 0.6) is 0 Å². The highest BCUT2D eigenvalue weighted by atomic mass is 16.6. The van der Waals surface area contributed by atoms with Crippen molar-refractivity contribution in [3.8, 4) is 0 Å². The van der Waals surface area contributed by atoms with E-state index in [1.807, 2.05) is 61.5 Å². The number of nitrogens with two attached hydrogens (primary N) is 1. The maximum absolute atomic E-state index is 13.0. The Morgan fingerprint density at radius 2 is 1.77 bits per heavy atom. The van der Waals surface area contributed by atoms with Crippen LogP contribution in [0.1, 0.15) is 43.5 Å². The van der Waals surface area contributed by atoms with E-state index in [0.29, 0.717) is 5.56 Å². The Kier molecular flexibility index (Phi) is 8.00. The van der Waals surface area contributed by atoms with Crippen LogP contribution in [-0.4, -0.2) is 28.8 Å². The Morgan fingerprint density at radius 3 is 2.30 bits per heavy atom. The monoisotopic (exact) mass is 410 g/mol. The van der Waals surface area contributed by atoms with Crippen molar-refractivity contribution in [2.24, 2.45) is 16.8 Å². The van der Waals surface area contributed by atoms with E-state index >= 15 is 0 Å². The van der Waals surface area contributed by atoms with E-state index in [2.05, 4.69) is 10.0 Å². The summed E-state index contributed by atoms with van der Waals surface area (Å²) in [4.78, 5) is 15.8. The lowest BCUT2D eigenvalue weighted by Crippen LogP contribution is -2.45. The van der Waals surface area contributed by atoms with Crippen LogP contribution in [0.3, 0.4) is 0 Å². The molecule has 0 heterocycles. The van der Waals surface area contributed by atoms with Crippen LogP contribution in [0.2, 0.25) is 0 Å². The fraction of sp³-hybridized carbons (Fsp3) is 0.435. The molecule has 0 aromatic heterocycles. The highest BCUT2D eigenvalue weighted by Crippen LogP contribution is 2.27. The minimum atomic E-state index is -1.33. The molecule has 0 amide bonds. The molecule has 160 valence electrons. The number of hydrogen-bond acceptors (Lipinski definition) is 5. The summed E-state index contributed by atoms with van der Waals surface area (Å²) < 4.78 is 5.55. The molecule has 0 aliphatic heterocycles. The van der Waals surface area contributed by atoms with Crippen molar-refractivity contribution in [2.75, 3.05) is 0 Å². The Morgan fingerprint density at radius 1 is 1.17 bits per heavy atom. The Bertz CT molecular complexity index is 872. The topological polar surface area (TPSA) is 121 Å². The number of carbonyl (C=O) groups is 1.